The predicted octanol–water partition coefficient (Wildman–Crippen LogP) is 15.0. The standard InChI is InChI=1S/C62H81BrO10P/c1-2-3-4-5-6-7-8-9-10-11-12-13-26-39-58(64)72-56(47-71-74(65)49-55-38-28-27-37-54(55)40-41-63)46-70-62-61(69-45-53-35-24-17-25-36-53)60(68-44-52-33-22-16-23-34-52)59(67-43-51-31-20-15-21-32-51)57(73-62)48-66-42-50-29-18-14-19-30-50/h14-25,27-38,56-57,59-62H,2-13,26,39-49H2,1H3/q+1/t56?,57-,59-,60+,61+,62-/m1/s1. The molecule has 400 valence electrons. The molecule has 2 unspecified atom stereocenters. The molecule has 0 aliphatic carbocycles. The molecule has 0 saturated carbocycles. The average Bonchev–Trinajstić information content (AvgIpc) is 3.43. The van der Waals surface area contributed by atoms with Crippen LogP contribution in [0.2, 0.25) is 0 Å². The zero-order valence-electron chi connectivity index (χ0n) is 43.7. The van der Waals surface area contributed by atoms with Crippen LogP contribution in [0, 0.1) is 0 Å². The fraction of sp³-hybridized carbons (Fsp3) is 0.500. The Kier molecular flexibility index (Phi) is 28.8. The summed E-state index contributed by atoms with van der Waals surface area (Å²) in [5.41, 5.74) is 6.01. The van der Waals surface area contributed by atoms with Crippen LogP contribution in [0.15, 0.2) is 146 Å². The van der Waals surface area contributed by atoms with Crippen molar-refractivity contribution in [1.82, 2.24) is 0 Å². The lowest BCUT2D eigenvalue weighted by Crippen LogP contribution is -2.62. The van der Waals surface area contributed by atoms with Gasteiger partial charge in [0.15, 0.2) is 12.4 Å². The van der Waals surface area contributed by atoms with E-state index in [1.165, 1.54) is 64.2 Å². The van der Waals surface area contributed by atoms with Crippen molar-refractivity contribution < 1.29 is 47.0 Å². The van der Waals surface area contributed by atoms with E-state index >= 15 is 0 Å². The minimum Gasteiger partial charge on any atom is -0.457 e. The highest BCUT2D eigenvalue weighted by Crippen LogP contribution is 2.34. The number of aryl methyl sites for hydroxylation is 1. The predicted molar refractivity (Wildman–Crippen MR) is 297 cm³/mol. The average molecular weight is 1100 g/mol. The number of hydrogen-bond acceptors (Lipinski definition) is 10. The third-order valence-corrected chi connectivity index (χ3v) is 14.7. The SMILES string of the molecule is CCCCCCCCCCCCCCCC(=O)OC(CO[C@@H]1O[C@H](COCc2ccccc2)[C@@H](OCc2ccccc2)[C@H](OCc2ccccc2)[C@@H]1OCc1ccccc1)CO[P+](=O)Cc1ccccc1CCBr. The van der Waals surface area contributed by atoms with E-state index in [1.54, 1.807) is 0 Å². The summed E-state index contributed by atoms with van der Waals surface area (Å²) >= 11 is 3.55. The smallest absolute Gasteiger partial charge is 0.457 e. The van der Waals surface area contributed by atoms with Crippen LogP contribution in [0.5, 0.6) is 0 Å². The third kappa shape index (κ3) is 22.6. The van der Waals surface area contributed by atoms with Gasteiger partial charge in [-0.3, -0.25) is 4.79 Å². The van der Waals surface area contributed by atoms with Gasteiger partial charge in [-0.1, -0.05) is 245 Å². The highest BCUT2D eigenvalue weighted by molar-refractivity contribution is 9.09. The van der Waals surface area contributed by atoms with Gasteiger partial charge < -0.3 is 33.2 Å². The molecule has 7 atom stereocenters. The first kappa shape index (κ1) is 59.1. The topological polar surface area (TPSA) is 108 Å². The van der Waals surface area contributed by atoms with Gasteiger partial charge in [0, 0.05) is 17.3 Å². The van der Waals surface area contributed by atoms with Gasteiger partial charge in [-0.25, -0.2) is 0 Å². The van der Waals surface area contributed by atoms with Gasteiger partial charge in [0.25, 0.3) is 0 Å². The Labute approximate surface area is 451 Å². The number of ether oxygens (including phenoxy) is 7. The normalized spacial score (nSPS) is 18.2. The first-order valence-corrected chi connectivity index (χ1v) is 29.7. The van der Waals surface area contributed by atoms with Crippen molar-refractivity contribution in [2.24, 2.45) is 0 Å². The first-order valence-electron chi connectivity index (χ1n) is 27.2. The van der Waals surface area contributed by atoms with Crippen molar-refractivity contribution in [3.63, 3.8) is 0 Å². The molecule has 0 aromatic heterocycles. The van der Waals surface area contributed by atoms with Crippen LogP contribution >= 0.6 is 24.0 Å². The summed E-state index contributed by atoms with van der Waals surface area (Å²) in [6, 6.07) is 47.9. The number of rotatable bonds is 38. The molecule has 0 bridgehead atoms. The van der Waals surface area contributed by atoms with Crippen molar-refractivity contribution in [2.75, 3.05) is 25.2 Å². The number of unbranched alkanes of at least 4 members (excludes halogenated alkanes) is 12. The van der Waals surface area contributed by atoms with E-state index in [4.69, 9.17) is 37.7 Å². The summed E-state index contributed by atoms with van der Waals surface area (Å²) in [4.78, 5) is 13.7. The van der Waals surface area contributed by atoms with E-state index in [-0.39, 0.29) is 51.6 Å². The maximum Gasteiger partial charge on any atom is 0.513 e. The number of carbonyl (C=O) groups excluding carboxylic acids is 1. The van der Waals surface area contributed by atoms with Gasteiger partial charge in [0.1, 0.15) is 31.0 Å². The minimum absolute atomic E-state index is 0.123. The third-order valence-electron chi connectivity index (χ3n) is 13.3. The summed E-state index contributed by atoms with van der Waals surface area (Å²) < 4.78 is 66.6. The second-order valence-electron chi connectivity index (χ2n) is 19.3. The zero-order valence-corrected chi connectivity index (χ0v) is 46.2. The van der Waals surface area contributed by atoms with Crippen LogP contribution in [0.4, 0.5) is 0 Å². The summed E-state index contributed by atoms with van der Waals surface area (Å²) in [7, 11) is -2.15. The Morgan fingerprint density at radius 1 is 0.541 bits per heavy atom. The molecular weight excluding hydrogens is 1020 g/mol. The number of alkyl halides is 1. The highest BCUT2D eigenvalue weighted by atomic mass is 79.9. The quantitative estimate of drug-likeness (QED) is 0.0164. The maximum absolute atomic E-state index is 13.7. The second kappa shape index (κ2) is 36.0. The Morgan fingerprint density at radius 2 is 1.00 bits per heavy atom. The molecule has 1 heterocycles. The van der Waals surface area contributed by atoms with Crippen molar-refractivity contribution in [1.29, 1.82) is 0 Å². The van der Waals surface area contributed by atoms with Gasteiger partial charge in [-0.15, -0.1) is 4.52 Å². The Morgan fingerprint density at radius 3 is 1.53 bits per heavy atom. The molecule has 12 heteroatoms. The fourth-order valence-electron chi connectivity index (χ4n) is 9.14. The molecular formula is C62H81BrO10P+. The largest absolute Gasteiger partial charge is 0.513 e. The zero-order chi connectivity index (χ0) is 51.7. The van der Waals surface area contributed by atoms with Crippen molar-refractivity contribution in [3.05, 3.63) is 179 Å². The van der Waals surface area contributed by atoms with Crippen LogP contribution in [-0.2, 0) is 86.1 Å². The van der Waals surface area contributed by atoms with Gasteiger partial charge in [0.05, 0.1) is 39.6 Å². The Balaban J connectivity index is 1.19. The second-order valence-corrected chi connectivity index (χ2v) is 21.3. The maximum atomic E-state index is 13.7. The van der Waals surface area contributed by atoms with E-state index in [0.29, 0.717) is 13.2 Å². The van der Waals surface area contributed by atoms with Gasteiger partial charge in [-0.2, -0.15) is 0 Å². The number of carbonyl (C=O) groups is 1. The molecule has 1 aliphatic heterocycles. The van der Waals surface area contributed by atoms with E-state index in [2.05, 4.69) is 22.9 Å². The van der Waals surface area contributed by atoms with Crippen molar-refractivity contribution >= 4 is 29.9 Å². The molecule has 0 amide bonds. The molecule has 1 fully saturated rings. The number of benzene rings is 5. The van der Waals surface area contributed by atoms with Gasteiger partial charge >= 0.3 is 14.0 Å². The molecule has 10 nitrogen and oxygen atoms in total. The molecule has 0 radical (unpaired) electrons. The van der Waals surface area contributed by atoms with Gasteiger partial charge in [0.2, 0.25) is 6.16 Å². The van der Waals surface area contributed by atoms with Crippen molar-refractivity contribution in [2.45, 2.75) is 173 Å². The van der Waals surface area contributed by atoms with E-state index in [0.717, 1.165) is 64.4 Å². The minimum atomic E-state index is -2.15. The Bertz CT molecular complexity index is 2240. The molecule has 1 saturated heterocycles. The van der Waals surface area contributed by atoms with Gasteiger partial charge in [-0.05, 0) is 45.2 Å². The van der Waals surface area contributed by atoms with Crippen LogP contribution < -0.4 is 0 Å². The highest BCUT2D eigenvalue weighted by Gasteiger charge is 2.49. The molecule has 5 aromatic rings. The molecule has 1 aliphatic rings. The monoisotopic (exact) mass is 1100 g/mol. The Hall–Kier alpha value is -4.13. The summed E-state index contributed by atoms with van der Waals surface area (Å²) in [5.74, 6) is -0.352. The fourth-order valence-corrected chi connectivity index (χ4v) is 10.6. The molecule has 0 spiro atoms. The van der Waals surface area contributed by atoms with E-state index < -0.39 is 44.8 Å². The lowest BCUT2D eigenvalue weighted by molar-refractivity contribution is -0.331. The van der Waals surface area contributed by atoms with E-state index in [1.807, 2.05) is 146 Å². The number of hydrogen-bond donors (Lipinski definition) is 0. The molecule has 74 heavy (non-hydrogen) atoms. The molecule has 0 N–H and O–H groups in total. The molecule has 5 aromatic carbocycles. The molecule has 6 rings (SSSR count). The van der Waals surface area contributed by atoms with Crippen LogP contribution in [-0.4, -0.2) is 67.9 Å². The van der Waals surface area contributed by atoms with Crippen LogP contribution in [0.25, 0.3) is 0 Å². The summed E-state index contributed by atoms with van der Waals surface area (Å²) in [6.07, 6.45) is 12.2. The van der Waals surface area contributed by atoms with E-state index in [9.17, 15) is 9.36 Å². The number of esters is 1. The van der Waals surface area contributed by atoms with Crippen LogP contribution in [0.3, 0.4) is 0 Å². The first-order chi connectivity index (χ1) is 36.5. The summed E-state index contributed by atoms with van der Waals surface area (Å²) in [5, 5.41) is 0.785. The number of halogens is 1. The van der Waals surface area contributed by atoms with Crippen LogP contribution in [0.1, 0.15) is 130 Å². The lowest BCUT2D eigenvalue weighted by atomic mass is 9.97. The summed E-state index contributed by atoms with van der Waals surface area (Å²) in [6.45, 7) is 3.31. The van der Waals surface area contributed by atoms with Crippen molar-refractivity contribution in [3.8, 4) is 0 Å². The lowest BCUT2D eigenvalue weighted by Gasteiger charge is -2.46.